The molecule has 1 aliphatic heterocycles. The highest BCUT2D eigenvalue weighted by Gasteiger charge is 2.34. The number of non-ortho nitro benzene ring substituents is 1. The minimum absolute atomic E-state index is 0.00628. The van der Waals surface area contributed by atoms with E-state index in [0.29, 0.717) is 11.1 Å². The van der Waals surface area contributed by atoms with Gasteiger partial charge in [0.25, 0.3) is 11.6 Å². The molecule has 1 amide bonds. The Labute approximate surface area is 169 Å². The minimum Gasteiger partial charge on any atom is -0.450 e. The van der Waals surface area contributed by atoms with Crippen molar-refractivity contribution in [2.75, 3.05) is 5.32 Å². The van der Waals surface area contributed by atoms with Crippen molar-refractivity contribution < 1.29 is 28.8 Å². The van der Waals surface area contributed by atoms with Crippen molar-refractivity contribution in [2.45, 2.75) is 25.6 Å². The molecule has 150 valence electrons. The number of carbonyl (C=O) groups is 3. The van der Waals surface area contributed by atoms with Crippen LogP contribution >= 0.6 is 11.6 Å². The van der Waals surface area contributed by atoms with Crippen molar-refractivity contribution in [1.29, 1.82) is 0 Å². The molecule has 3 rings (SSSR count). The Morgan fingerprint density at radius 3 is 2.76 bits per heavy atom. The molecule has 2 aromatic rings. The maximum absolute atomic E-state index is 12.3. The Hall–Kier alpha value is -3.46. The Balaban J connectivity index is 1.64. The smallest absolute Gasteiger partial charge is 0.348 e. The summed E-state index contributed by atoms with van der Waals surface area (Å²) in [6.45, 7) is 1.32. The number of hydrogen-bond donors (Lipinski definition) is 1. The summed E-state index contributed by atoms with van der Waals surface area (Å²) in [5, 5.41) is 13.3. The van der Waals surface area contributed by atoms with Crippen molar-refractivity contribution in [3.05, 3.63) is 68.7 Å². The summed E-state index contributed by atoms with van der Waals surface area (Å²) in [6, 6.07) is 10.3. The SMILES string of the molecule is C[C@H](OC(=O)[C@@H]1Cc2ccccc2C(=O)O1)C(=O)Nc1cc([N+](=O)[O-])ccc1Cl. The van der Waals surface area contributed by atoms with Gasteiger partial charge in [-0.15, -0.1) is 0 Å². The summed E-state index contributed by atoms with van der Waals surface area (Å²) < 4.78 is 10.2. The molecule has 29 heavy (non-hydrogen) atoms. The molecule has 0 fully saturated rings. The third kappa shape index (κ3) is 4.52. The first-order chi connectivity index (χ1) is 13.8. The van der Waals surface area contributed by atoms with Gasteiger partial charge in [-0.1, -0.05) is 29.8 Å². The summed E-state index contributed by atoms with van der Waals surface area (Å²) in [7, 11) is 0. The molecule has 0 aliphatic carbocycles. The van der Waals surface area contributed by atoms with Crippen LogP contribution in [0.5, 0.6) is 0 Å². The van der Waals surface area contributed by atoms with Gasteiger partial charge in [-0.2, -0.15) is 0 Å². The highest BCUT2D eigenvalue weighted by molar-refractivity contribution is 6.33. The molecule has 0 bridgehead atoms. The number of cyclic esters (lactones) is 1. The third-order valence-electron chi connectivity index (χ3n) is 4.24. The molecule has 1 N–H and O–H groups in total. The first-order valence-electron chi connectivity index (χ1n) is 8.50. The summed E-state index contributed by atoms with van der Waals surface area (Å²) >= 11 is 5.94. The van der Waals surface area contributed by atoms with Crippen LogP contribution in [0, 0.1) is 10.1 Å². The first-order valence-corrected chi connectivity index (χ1v) is 8.88. The predicted octanol–water partition coefficient (Wildman–Crippen LogP) is 2.90. The standard InChI is InChI=1S/C19H15ClN2O7/c1-10(17(23)21-15-9-12(22(26)27)6-7-14(15)20)28-19(25)16-8-11-4-2-3-5-13(11)18(24)29-16/h2-7,9-10,16H,8H2,1H3,(H,21,23)/t10-,16-/m0/s1. The van der Waals surface area contributed by atoms with E-state index in [1.807, 2.05) is 0 Å². The fourth-order valence-corrected chi connectivity index (χ4v) is 2.89. The van der Waals surface area contributed by atoms with Crippen LogP contribution in [0.3, 0.4) is 0 Å². The van der Waals surface area contributed by atoms with E-state index in [0.717, 1.165) is 6.07 Å². The van der Waals surface area contributed by atoms with Gasteiger partial charge in [0, 0.05) is 18.6 Å². The topological polar surface area (TPSA) is 125 Å². The molecule has 0 saturated carbocycles. The summed E-state index contributed by atoms with van der Waals surface area (Å²) in [6.07, 6.45) is -2.30. The lowest BCUT2D eigenvalue weighted by Crippen LogP contribution is -2.39. The van der Waals surface area contributed by atoms with E-state index < -0.39 is 35.0 Å². The number of ether oxygens (including phenoxy) is 2. The summed E-state index contributed by atoms with van der Waals surface area (Å²) in [5.74, 6) is -2.27. The van der Waals surface area contributed by atoms with Gasteiger partial charge in [0.05, 0.1) is 21.2 Å². The minimum atomic E-state index is -1.26. The number of carbonyl (C=O) groups excluding carboxylic acids is 3. The fraction of sp³-hybridized carbons (Fsp3) is 0.211. The number of benzene rings is 2. The van der Waals surface area contributed by atoms with Crippen molar-refractivity contribution in [1.82, 2.24) is 0 Å². The lowest BCUT2D eigenvalue weighted by molar-refractivity contribution is -0.384. The van der Waals surface area contributed by atoms with Gasteiger partial charge in [0.1, 0.15) is 0 Å². The maximum atomic E-state index is 12.3. The van der Waals surface area contributed by atoms with Gasteiger partial charge in [-0.3, -0.25) is 14.9 Å². The van der Waals surface area contributed by atoms with Crippen LogP contribution in [0.1, 0.15) is 22.8 Å². The Kier molecular flexibility index (Phi) is 5.79. The van der Waals surface area contributed by atoms with E-state index in [1.54, 1.807) is 24.3 Å². The highest BCUT2D eigenvalue weighted by atomic mass is 35.5. The summed E-state index contributed by atoms with van der Waals surface area (Å²) in [4.78, 5) is 46.9. The average molecular weight is 419 g/mol. The number of anilines is 1. The maximum Gasteiger partial charge on any atom is 0.348 e. The second-order valence-corrected chi connectivity index (χ2v) is 6.65. The zero-order valence-corrected chi connectivity index (χ0v) is 15.8. The van der Waals surface area contributed by atoms with Crippen molar-refractivity contribution >= 4 is 40.8 Å². The Morgan fingerprint density at radius 2 is 2.03 bits per heavy atom. The number of nitro groups is 1. The first kappa shape index (κ1) is 20.3. The van der Waals surface area contributed by atoms with Crippen LogP contribution in [0.4, 0.5) is 11.4 Å². The number of fused-ring (bicyclic) bond motifs is 1. The Morgan fingerprint density at radius 1 is 1.31 bits per heavy atom. The third-order valence-corrected chi connectivity index (χ3v) is 4.57. The molecular formula is C19H15ClN2O7. The quantitative estimate of drug-likeness (QED) is 0.449. The number of halogens is 1. The van der Waals surface area contributed by atoms with E-state index >= 15 is 0 Å². The fourth-order valence-electron chi connectivity index (χ4n) is 2.72. The molecule has 0 aromatic heterocycles. The van der Waals surface area contributed by atoms with E-state index in [4.69, 9.17) is 21.1 Å². The van der Waals surface area contributed by atoms with Crippen LogP contribution in [0.15, 0.2) is 42.5 Å². The van der Waals surface area contributed by atoms with E-state index in [2.05, 4.69) is 5.32 Å². The van der Waals surface area contributed by atoms with Gasteiger partial charge in [-0.25, -0.2) is 9.59 Å². The number of rotatable bonds is 5. The van der Waals surface area contributed by atoms with Gasteiger partial charge < -0.3 is 14.8 Å². The molecule has 2 atom stereocenters. The van der Waals surface area contributed by atoms with Crippen LogP contribution in [0.2, 0.25) is 5.02 Å². The van der Waals surface area contributed by atoms with Crippen molar-refractivity contribution in [2.24, 2.45) is 0 Å². The molecule has 9 nitrogen and oxygen atoms in total. The van der Waals surface area contributed by atoms with Crippen LogP contribution < -0.4 is 5.32 Å². The van der Waals surface area contributed by atoms with E-state index in [1.165, 1.54) is 19.1 Å². The molecule has 0 radical (unpaired) electrons. The molecule has 1 heterocycles. The monoisotopic (exact) mass is 418 g/mol. The van der Waals surface area contributed by atoms with Crippen LogP contribution in [-0.4, -0.2) is 35.0 Å². The number of amides is 1. The molecule has 0 saturated heterocycles. The van der Waals surface area contributed by atoms with Crippen molar-refractivity contribution in [3.8, 4) is 0 Å². The van der Waals surface area contributed by atoms with Crippen LogP contribution in [0.25, 0.3) is 0 Å². The largest absolute Gasteiger partial charge is 0.450 e. The number of nitro benzene ring substituents is 1. The average Bonchev–Trinajstić information content (AvgIpc) is 2.69. The van der Waals surface area contributed by atoms with Gasteiger partial charge in [0.2, 0.25) is 6.10 Å². The number of esters is 2. The molecule has 1 aliphatic rings. The van der Waals surface area contributed by atoms with Gasteiger partial charge >= 0.3 is 11.9 Å². The number of nitrogens with zero attached hydrogens (tertiary/aromatic N) is 1. The molecule has 2 aromatic carbocycles. The van der Waals surface area contributed by atoms with Gasteiger partial charge in [0.15, 0.2) is 6.10 Å². The normalized spacial score (nSPS) is 16.2. The number of nitrogens with one attached hydrogen (secondary N) is 1. The zero-order valence-electron chi connectivity index (χ0n) is 15.1. The van der Waals surface area contributed by atoms with Crippen molar-refractivity contribution in [3.63, 3.8) is 0 Å². The molecule has 0 spiro atoms. The predicted molar refractivity (Wildman–Crippen MR) is 102 cm³/mol. The highest BCUT2D eigenvalue weighted by Crippen LogP contribution is 2.27. The molecule has 10 heteroatoms. The lowest BCUT2D eigenvalue weighted by Gasteiger charge is -2.24. The summed E-state index contributed by atoms with van der Waals surface area (Å²) in [5.41, 5.74) is 0.766. The second-order valence-electron chi connectivity index (χ2n) is 6.24. The molecular weight excluding hydrogens is 404 g/mol. The Bertz CT molecular complexity index is 1010. The van der Waals surface area contributed by atoms with Gasteiger partial charge in [-0.05, 0) is 24.6 Å². The van der Waals surface area contributed by atoms with E-state index in [9.17, 15) is 24.5 Å². The van der Waals surface area contributed by atoms with Crippen LogP contribution in [-0.2, 0) is 25.5 Å². The molecule has 0 unspecified atom stereocenters. The second kappa shape index (κ2) is 8.27. The zero-order chi connectivity index (χ0) is 21.1. The number of hydrogen-bond acceptors (Lipinski definition) is 7. The lowest BCUT2D eigenvalue weighted by atomic mass is 9.99. The van der Waals surface area contributed by atoms with E-state index in [-0.39, 0.29) is 22.8 Å².